The molecular weight excluding hydrogens is 271 g/mol. The molecule has 2 aliphatic heterocycles. The Morgan fingerprint density at radius 2 is 2.20 bits per heavy atom. The van der Waals surface area contributed by atoms with Crippen LogP contribution in [0.4, 0.5) is 9.18 Å². The Morgan fingerprint density at radius 1 is 1.45 bits per heavy atom. The molecule has 0 bridgehead atoms. The van der Waals surface area contributed by atoms with Gasteiger partial charge in [0.25, 0.3) is 5.91 Å². The summed E-state index contributed by atoms with van der Waals surface area (Å²) in [7, 11) is 0. The Balaban J connectivity index is 2.20. The maximum absolute atomic E-state index is 13.8. The van der Waals surface area contributed by atoms with Crippen molar-refractivity contribution in [2.45, 2.75) is 18.1 Å². The molecule has 1 spiro atoms. The van der Waals surface area contributed by atoms with Crippen LogP contribution < -0.4 is 15.4 Å². The lowest BCUT2D eigenvalue weighted by Crippen LogP contribution is -2.52. The molecule has 2 unspecified atom stereocenters. The SMILES string of the molecule is O=C1NC(=O)C2(CC(C(=O)O)Oc3c(F)cccc32)N1. The number of benzene rings is 1. The van der Waals surface area contributed by atoms with E-state index < -0.39 is 35.4 Å². The number of aliphatic carboxylic acids is 1. The molecule has 2 atom stereocenters. The van der Waals surface area contributed by atoms with Crippen LogP contribution in [-0.4, -0.2) is 29.1 Å². The molecule has 0 aliphatic carbocycles. The fourth-order valence-electron chi connectivity index (χ4n) is 2.50. The second-order valence-corrected chi connectivity index (χ2v) is 4.58. The van der Waals surface area contributed by atoms with Crippen LogP contribution in [0.1, 0.15) is 12.0 Å². The molecule has 104 valence electrons. The van der Waals surface area contributed by atoms with E-state index in [1.54, 1.807) is 0 Å². The van der Waals surface area contributed by atoms with Crippen molar-refractivity contribution in [3.63, 3.8) is 0 Å². The summed E-state index contributed by atoms with van der Waals surface area (Å²) < 4.78 is 18.9. The van der Waals surface area contributed by atoms with E-state index in [1.807, 2.05) is 5.32 Å². The number of para-hydroxylation sites is 1. The Hall–Kier alpha value is -2.64. The number of urea groups is 1. The molecule has 7 nitrogen and oxygen atoms in total. The van der Waals surface area contributed by atoms with Crippen LogP contribution >= 0.6 is 0 Å². The number of rotatable bonds is 1. The number of carbonyl (C=O) groups is 3. The number of carboxylic acid groups (broad SMARTS) is 1. The average molecular weight is 280 g/mol. The molecule has 20 heavy (non-hydrogen) atoms. The summed E-state index contributed by atoms with van der Waals surface area (Å²) in [6, 6.07) is 3.11. The first-order chi connectivity index (χ1) is 9.44. The van der Waals surface area contributed by atoms with Crippen molar-refractivity contribution in [2.75, 3.05) is 0 Å². The topological polar surface area (TPSA) is 105 Å². The van der Waals surface area contributed by atoms with Crippen molar-refractivity contribution in [1.82, 2.24) is 10.6 Å². The Morgan fingerprint density at radius 3 is 2.80 bits per heavy atom. The lowest BCUT2D eigenvalue weighted by atomic mass is 9.81. The molecule has 1 aromatic carbocycles. The van der Waals surface area contributed by atoms with Crippen molar-refractivity contribution >= 4 is 17.9 Å². The maximum Gasteiger partial charge on any atom is 0.345 e. The van der Waals surface area contributed by atoms with Gasteiger partial charge in [0.1, 0.15) is 0 Å². The zero-order valence-electron chi connectivity index (χ0n) is 9.97. The quantitative estimate of drug-likeness (QED) is 0.633. The van der Waals surface area contributed by atoms with Crippen LogP contribution in [0.25, 0.3) is 0 Å². The van der Waals surface area contributed by atoms with Crippen LogP contribution in [0.5, 0.6) is 5.75 Å². The van der Waals surface area contributed by atoms with E-state index in [0.29, 0.717) is 0 Å². The number of halogens is 1. The monoisotopic (exact) mass is 280 g/mol. The summed E-state index contributed by atoms with van der Waals surface area (Å²) in [5, 5.41) is 13.5. The van der Waals surface area contributed by atoms with Crippen molar-refractivity contribution in [3.05, 3.63) is 29.6 Å². The normalized spacial score (nSPS) is 27.6. The average Bonchev–Trinajstić information content (AvgIpc) is 2.65. The second kappa shape index (κ2) is 3.92. The third-order valence-corrected chi connectivity index (χ3v) is 3.40. The van der Waals surface area contributed by atoms with E-state index in [4.69, 9.17) is 9.84 Å². The van der Waals surface area contributed by atoms with Crippen LogP contribution in [0.2, 0.25) is 0 Å². The highest BCUT2D eigenvalue weighted by Crippen LogP contribution is 2.42. The molecule has 0 aromatic heterocycles. The Bertz CT molecular complexity index is 647. The molecular formula is C12H9FN2O5. The molecule has 2 heterocycles. The number of hydrogen-bond donors (Lipinski definition) is 3. The smallest absolute Gasteiger partial charge is 0.345 e. The minimum absolute atomic E-state index is 0.110. The first-order valence-electron chi connectivity index (χ1n) is 5.76. The highest BCUT2D eigenvalue weighted by atomic mass is 19.1. The summed E-state index contributed by atoms with van der Waals surface area (Å²) >= 11 is 0. The van der Waals surface area contributed by atoms with Gasteiger partial charge in [0.15, 0.2) is 23.2 Å². The van der Waals surface area contributed by atoms with Gasteiger partial charge in [-0.2, -0.15) is 0 Å². The molecule has 3 amide bonds. The van der Waals surface area contributed by atoms with Gasteiger partial charge in [-0.25, -0.2) is 14.0 Å². The number of nitrogens with one attached hydrogen (secondary N) is 2. The van der Waals surface area contributed by atoms with Crippen molar-refractivity contribution < 1.29 is 28.6 Å². The van der Waals surface area contributed by atoms with Crippen LogP contribution in [0.15, 0.2) is 18.2 Å². The molecule has 2 aliphatic rings. The van der Waals surface area contributed by atoms with Crippen LogP contribution in [0.3, 0.4) is 0 Å². The van der Waals surface area contributed by atoms with E-state index >= 15 is 0 Å². The summed E-state index contributed by atoms with van der Waals surface area (Å²) in [6.45, 7) is 0. The molecule has 1 aromatic rings. The summed E-state index contributed by atoms with van der Waals surface area (Å²) in [6.07, 6.45) is -1.74. The summed E-state index contributed by atoms with van der Waals surface area (Å²) in [4.78, 5) is 34.5. The molecule has 3 N–H and O–H groups in total. The largest absolute Gasteiger partial charge is 0.479 e. The summed E-state index contributed by atoms with van der Waals surface area (Å²) in [5.41, 5.74) is -1.51. The van der Waals surface area contributed by atoms with Crippen molar-refractivity contribution in [2.24, 2.45) is 0 Å². The molecule has 8 heteroatoms. The zero-order chi connectivity index (χ0) is 14.5. The van der Waals surface area contributed by atoms with Gasteiger partial charge >= 0.3 is 12.0 Å². The molecule has 0 radical (unpaired) electrons. The molecule has 0 saturated carbocycles. The lowest BCUT2D eigenvalue weighted by Gasteiger charge is -2.35. The molecule has 1 fully saturated rings. The molecule has 1 saturated heterocycles. The van der Waals surface area contributed by atoms with Gasteiger partial charge in [-0.15, -0.1) is 0 Å². The third kappa shape index (κ3) is 1.54. The fourth-order valence-corrected chi connectivity index (χ4v) is 2.50. The fraction of sp³-hybridized carbons (Fsp3) is 0.250. The van der Waals surface area contributed by atoms with Gasteiger partial charge in [-0.3, -0.25) is 10.1 Å². The predicted molar refractivity (Wildman–Crippen MR) is 61.4 cm³/mol. The number of fused-ring (bicyclic) bond motifs is 2. The number of imide groups is 1. The van der Waals surface area contributed by atoms with Crippen molar-refractivity contribution in [1.29, 1.82) is 0 Å². The summed E-state index contributed by atoms with van der Waals surface area (Å²) in [5.74, 6) is -3.18. The van der Waals surface area contributed by atoms with E-state index in [-0.39, 0.29) is 17.7 Å². The zero-order valence-corrected chi connectivity index (χ0v) is 9.97. The van der Waals surface area contributed by atoms with E-state index in [0.717, 1.165) is 6.07 Å². The Kier molecular flexibility index (Phi) is 2.43. The minimum Gasteiger partial charge on any atom is -0.479 e. The number of carbonyl (C=O) groups excluding carboxylic acids is 2. The van der Waals surface area contributed by atoms with E-state index in [1.165, 1.54) is 12.1 Å². The maximum atomic E-state index is 13.8. The van der Waals surface area contributed by atoms with Gasteiger partial charge < -0.3 is 15.2 Å². The number of hydrogen-bond acceptors (Lipinski definition) is 4. The highest BCUT2D eigenvalue weighted by Gasteiger charge is 2.55. The highest BCUT2D eigenvalue weighted by molar-refractivity contribution is 6.08. The minimum atomic E-state index is -1.62. The van der Waals surface area contributed by atoms with E-state index in [9.17, 15) is 18.8 Å². The Labute approximate surface area is 111 Å². The van der Waals surface area contributed by atoms with Gasteiger partial charge in [0, 0.05) is 12.0 Å². The molecule has 3 rings (SSSR count). The predicted octanol–water partition coefficient (Wildman–Crippen LogP) is 0.0961. The van der Waals surface area contributed by atoms with Crippen LogP contribution in [0, 0.1) is 5.82 Å². The standard InChI is InChI=1S/C12H9FN2O5/c13-6-3-1-2-5-8(6)20-7(9(16)17)4-12(5)10(18)14-11(19)15-12/h1-3,7H,4H2,(H,16,17)(H2,14,15,18,19). The second-order valence-electron chi connectivity index (χ2n) is 4.58. The van der Waals surface area contributed by atoms with Crippen LogP contribution in [-0.2, 0) is 15.1 Å². The van der Waals surface area contributed by atoms with Gasteiger partial charge in [0.05, 0.1) is 0 Å². The van der Waals surface area contributed by atoms with E-state index in [2.05, 4.69) is 5.32 Å². The van der Waals surface area contributed by atoms with Gasteiger partial charge in [-0.1, -0.05) is 12.1 Å². The number of ether oxygens (including phenoxy) is 1. The van der Waals surface area contributed by atoms with Crippen molar-refractivity contribution in [3.8, 4) is 5.75 Å². The van der Waals surface area contributed by atoms with Gasteiger partial charge in [-0.05, 0) is 6.07 Å². The first-order valence-corrected chi connectivity index (χ1v) is 5.76. The number of carboxylic acids is 1. The van der Waals surface area contributed by atoms with Gasteiger partial charge in [0.2, 0.25) is 0 Å². The third-order valence-electron chi connectivity index (χ3n) is 3.40. The number of amides is 3. The first kappa shape index (κ1) is 12.4. The lowest BCUT2D eigenvalue weighted by molar-refractivity contribution is -0.148.